The maximum atomic E-state index is 12.4. The molecule has 3 aromatic rings. The Labute approximate surface area is 177 Å². The molecule has 0 aliphatic carbocycles. The Morgan fingerprint density at radius 1 is 1.17 bits per heavy atom. The van der Waals surface area contributed by atoms with Gasteiger partial charge in [-0.25, -0.2) is 4.98 Å². The van der Waals surface area contributed by atoms with Gasteiger partial charge in [0.15, 0.2) is 5.11 Å². The summed E-state index contributed by atoms with van der Waals surface area (Å²) in [5.41, 5.74) is 2.83. The maximum absolute atomic E-state index is 12.4. The summed E-state index contributed by atoms with van der Waals surface area (Å²) < 4.78 is 0. The largest absolute Gasteiger partial charge is 0.342 e. The van der Waals surface area contributed by atoms with Crippen LogP contribution in [0.4, 0.5) is 5.69 Å². The van der Waals surface area contributed by atoms with Crippen LogP contribution < -0.4 is 10.9 Å². The Balaban J connectivity index is 1.78. The number of unbranched alkanes of at least 4 members (excludes halogenated alkanes) is 1. The zero-order valence-electron chi connectivity index (χ0n) is 17.2. The van der Waals surface area contributed by atoms with Crippen LogP contribution in [0.5, 0.6) is 0 Å². The van der Waals surface area contributed by atoms with Crippen LogP contribution in [-0.4, -0.2) is 26.5 Å². The number of benzene rings is 2. The predicted molar refractivity (Wildman–Crippen MR) is 124 cm³/mol. The molecule has 0 atom stereocenters. The van der Waals surface area contributed by atoms with Crippen molar-refractivity contribution in [3.05, 3.63) is 70.3 Å². The molecular formula is C23H28N4OS. The summed E-state index contributed by atoms with van der Waals surface area (Å²) in [6.45, 7) is 7.75. The van der Waals surface area contributed by atoms with E-state index in [4.69, 9.17) is 12.2 Å². The first-order valence-electron chi connectivity index (χ1n) is 10.1. The summed E-state index contributed by atoms with van der Waals surface area (Å²) in [5.74, 6) is 1.11. The van der Waals surface area contributed by atoms with E-state index in [1.165, 1.54) is 5.56 Å². The molecule has 3 rings (SSSR count). The van der Waals surface area contributed by atoms with Crippen molar-refractivity contribution in [3.63, 3.8) is 0 Å². The second kappa shape index (κ2) is 9.65. The zero-order chi connectivity index (χ0) is 20.8. The van der Waals surface area contributed by atoms with E-state index in [-0.39, 0.29) is 5.56 Å². The summed E-state index contributed by atoms with van der Waals surface area (Å²) >= 11 is 5.68. The van der Waals surface area contributed by atoms with E-state index >= 15 is 0 Å². The molecule has 0 aliphatic heterocycles. The van der Waals surface area contributed by atoms with Crippen LogP contribution in [-0.2, 0) is 6.54 Å². The van der Waals surface area contributed by atoms with Gasteiger partial charge in [0.1, 0.15) is 5.82 Å². The van der Waals surface area contributed by atoms with Crippen LogP contribution in [0.2, 0.25) is 0 Å². The number of nitrogens with one attached hydrogen (secondary N) is 2. The van der Waals surface area contributed by atoms with E-state index in [0.29, 0.717) is 34.3 Å². The number of H-pyrrole nitrogens is 1. The van der Waals surface area contributed by atoms with Crippen LogP contribution in [0, 0.1) is 0 Å². The first kappa shape index (κ1) is 21.0. The highest BCUT2D eigenvalue weighted by molar-refractivity contribution is 7.80. The fraction of sp³-hybridized carbons (Fsp3) is 0.348. The molecule has 0 spiro atoms. The lowest BCUT2D eigenvalue weighted by Gasteiger charge is -2.25. The van der Waals surface area contributed by atoms with Gasteiger partial charge < -0.3 is 15.2 Å². The number of aromatic nitrogens is 2. The Bertz CT molecular complexity index is 1030. The lowest BCUT2D eigenvalue weighted by Crippen LogP contribution is -2.36. The average molecular weight is 409 g/mol. The number of nitrogens with zero attached hydrogens (tertiary/aromatic N) is 2. The van der Waals surface area contributed by atoms with E-state index in [0.717, 1.165) is 25.1 Å². The summed E-state index contributed by atoms with van der Waals surface area (Å²) in [6, 6.07) is 15.7. The molecule has 0 unspecified atom stereocenters. The molecule has 0 bridgehead atoms. The molecule has 1 aromatic heterocycles. The fourth-order valence-electron chi connectivity index (χ4n) is 3.15. The van der Waals surface area contributed by atoms with Crippen LogP contribution >= 0.6 is 12.2 Å². The van der Waals surface area contributed by atoms with Crippen molar-refractivity contribution in [2.75, 3.05) is 11.9 Å². The quantitative estimate of drug-likeness (QED) is 0.536. The second-order valence-corrected chi connectivity index (χ2v) is 7.90. The normalized spacial score (nSPS) is 11.0. The molecule has 0 aliphatic rings. The second-order valence-electron chi connectivity index (χ2n) is 7.51. The third-order valence-electron chi connectivity index (χ3n) is 4.90. The molecule has 0 saturated carbocycles. The third-order valence-corrected chi connectivity index (χ3v) is 5.26. The van der Waals surface area contributed by atoms with Crippen LogP contribution in [0.1, 0.15) is 50.9 Å². The zero-order valence-corrected chi connectivity index (χ0v) is 18.1. The number of hydrogen-bond acceptors (Lipinski definition) is 3. The summed E-state index contributed by atoms with van der Waals surface area (Å²) in [6.07, 6.45) is 2.07. The topological polar surface area (TPSA) is 61.0 Å². The number of thiocarbonyl (C=S) groups is 1. The lowest BCUT2D eigenvalue weighted by atomic mass is 10.0. The van der Waals surface area contributed by atoms with E-state index in [9.17, 15) is 4.79 Å². The molecule has 2 aromatic carbocycles. The Morgan fingerprint density at radius 2 is 1.90 bits per heavy atom. The molecule has 0 amide bonds. The van der Waals surface area contributed by atoms with Crippen molar-refractivity contribution < 1.29 is 0 Å². The minimum absolute atomic E-state index is 0.121. The van der Waals surface area contributed by atoms with Gasteiger partial charge >= 0.3 is 0 Å². The molecule has 152 valence electrons. The van der Waals surface area contributed by atoms with Gasteiger partial charge in [0.2, 0.25) is 0 Å². The smallest absolute Gasteiger partial charge is 0.258 e. The van der Waals surface area contributed by atoms with Crippen LogP contribution in [0.15, 0.2) is 53.3 Å². The number of fused-ring (bicyclic) bond motifs is 1. The molecule has 6 heteroatoms. The molecule has 1 heterocycles. The van der Waals surface area contributed by atoms with Crippen molar-refractivity contribution in [1.82, 2.24) is 14.9 Å². The van der Waals surface area contributed by atoms with Crippen molar-refractivity contribution in [2.45, 2.75) is 46.1 Å². The van der Waals surface area contributed by atoms with Gasteiger partial charge in [0, 0.05) is 12.2 Å². The Kier molecular flexibility index (Phi) is 6.99. The molecule has 0 fully saturated rings. The van der Waals surface area contributed by atoms with Gasteiger partial charge in [0.25, 0.3) is 5.56 Å². The first-order chi connectivity index (χ1) is 14.0. The minimum Gasteiger partial charge on any atom is -0.342 e. The van der Waals surface area contributed by atoms with Crippen LogP contribution in [0.3, 0.4) is 0 Å². The van der Waals surface area contributed by atoms with Gasteiger partial charge in [-0.15, -0.1) is 0 Å². The van der Waals surface area contributed by atoms with E-state index < -0.39 is 0 Å². The highest BCUT2D eigenvalue weighted by atomic mass is 32.1. The van der Waals surface area contributed by atoms with Gasteiger partial charge in [-0.3, -0.25) is 4.79 Å². The van der Waals surface area contributed by atoms with Crippen molar-refractivity contribution in [1.29, 1.82) is 0 Å². The molecule has 29 heavy (non-hydrogen) atoms. The summed E-state index contributed by atoms with van der Waals surface area (Å²) in [4.78, 5) is 22.0. The highest BCUT2D eigenvalue weighted by Gasteiger charge is 2.13. The minimum atomic E-state index is -0.121. The van der Waals surface area contributed by atoms with Gasteiger partial charge in [-0.05, 0) is 54.4 Å². The molecular weight excluding hydrogens is 380 g/mol. The lowest BCUT2D eigenvalue weighted by molar-refractivity contribution is 0.397. The van der Waals surface area contributed by atoms with E-state index in [2.05, 4.69) is 65.2 Å². The number of aromatic amines is 1. The third kappa shape index (κ3) is 5.41. The van der Waals surface area contributed by atoms with Gasteiger partial charge in [-0.2, -0.15) is 0 Å². The molecule has 0 radical (unpaired) electrons. The maximum Gasteiger partial charge on any atom is 0.258 e. The summed E-state index contributed by atoms with van der Waals surface area (Å²) in [5, 5.41) is 4.56. The monoisotopic (exact) mass is 408 g/mol. The fourth-order valence-corrected chi connectivity index (χ4v) is 3.42. The van der Waals surface area contributed by atoms with Crippen LogP contribution in [0.25, 0.3) is 10.9 Å². The van der Waals surface area contributed by atoms with E-state index in [1.807, 2.05) is 18.2 Å². The molecule has 0 saturated heterocycles. The predicted octanol–water partition coefficient (Wildman–Crippen LogP) is 5.05. The Hall–Kier alpha value is -2.73. The number of rotatable bonds is 7. The van der Waals surface area contributed by atoms with Gasteiger partial charge in [0.05, 0.1) is 17.4 Å². The highest BCUT2D eigenvalue weighted by Crippen LogP contribution is 2.18. The number of anilines is 1. The number of hydrogen-bond donors (Lipinski definition) is 2. The standard InChI is InChI=1S/C23H28N4OS/c1-4-5-14-27(23(29)24-18-12-10-17(11-13-18)16(2)3)15-21-25-20-9-7-6-8-19(20)22(28)26-21/h6-13,16H,4-5,14-15H2,1-3H3,(H,24,29)(H,25,26,28). The molecule has 2 N–H and O–H groups in total. The average Bonchev–Trinajstić information content (AvgIpc) is 2.71. The first-order valence-corrected chi connectivity index (χ1v) is 10.5. The van der Waals surface area contributed by atoms with E-state index in [1.54, 1.807) is 6.07 Å². The molecule has 5 nitrogen and oxygen atoms in total. The SMILES string of the molecule is CCCCN(Cc1nc2ccccc2c(=O)[nH]1)C(=S)Nc1ccc(C(C)C)cc1. The Morgan fingerprint density at radius 3 is 2.59 bits per heavy atom. The van der Waals surface area contributed by atoms with Crippen molar-refractivity contribution in [2.24, 2.45) is 0 Å². The van der Waals surface area contributed by atoms with Crippen molar-refractivity contribution in [3.8, 4) is 0 Å². The van der Waals surface area contributed by atoms with Gasteiger partial charge in [-0.1, -0.05) is 51.5 Å². The number of para-hydroxylation sites is 1. The van der Waals surface area contributed by atoms with Crippen molar-refractivity contribution >= 4 is 33.9 Å². The summed E-state index contributed by atoms with van der Waals surface area (Å²) in [7, 11) is 0.